The highest BCUT2D eigenvalue weighted by Crippen LogP contribution is 2.18. The lowest BCUT2D eigenvalue weighted by Gasteiger charge is -2.37. The summed E-state index contributed by atoms with van der Waals surface area (Å²) in [6.07, 6.45) is -0.378. The van der Waals surface area contributed by atoms with Gasteiger partial charge in [-0.25, -0.2) is 13.2 Å². The maximum absolute atomic E-state index is 11.9. The molecule has 120 valence electrons. The van der Waals surface area contributed by atoms with E-state index in [1.807, 2.05) is 0 Å². The summed E-state index contributed by atoms with van der Waals surface area (Å²) in [6, 6.07) is -2.26. The molecule has 0 aromatic heterocycles. The van der Waals surface area contributed by atoms with Crippen molar-refractivity contribution in [2.45, 2.75) is 25.4 Å². The van der Waals surface area contributed by atoms with Crippen LogP contribution in [0, 0.1) is 0 Å². The zero-order chi connectivity index (χ0) is 16.2. The van der Waals surface area contributed by atoms with Gasteiger partial charge in [0.05, 0.1) is 24.0 Å². The van der Waals surface area contributed by atoms with Crippen LogP contribution in [0.15, 0.2) is 0 Å². The first-order chi connectivity index (χ1) is 9.66. The van der Waals surface area contributed by atoms with Crippen LogP contribution in [-0.2, 0) is 19.4 Å². The van der Waals surface area contributed by atoms with Crippen molar-refractivity contribution in [2.75, 3.05) is 25.1 Å². The van der Waals surface area contributed by atoms with Gasteiger partial charge >= 0.3 is 12.0 Å². The maximum atomic E-state index is 11.9. The number of carboxylic acids is 1. The van der Waals surface area contributed by atoms with Gasteiger partial charge in [0.2, 0.25) is 5.91 Å². The maximum Gasteiger partial charge on any atom is 0.321 e. The molecule has 1 heterocycles. The minimum atomic E-state index is -3.31. The van der Waals surface area contributed by atoms with E-state index in [2.05, 4.69) is 10.6 Å². The molecule has 10 heteroatoms. The summed E-state index contributed by atoms with van der Waals surface area (Å²) in [6.45, 7) is 1.56. The number of carboxylic acid groups (broad SMARTS) is 1. The Morgan fingerprint density at radius 3 is 2.52 bits per heavy atom. The van der Waals surface area contributed by atoms with Gasteiger partial charge in [0.25, 0.3) is 0 Å². The van der Waals surface area contributed by atoms with Crippen LogP contribution in [0.4, 0.5) is 4.79 Å². The third-order valence-electron chi connectivity index (χ3n) is 3.33. The number of hydrogen-bond acceptors (Lipinski definition) is 6. The van der Waals surface area contributed by atoms with E-state index in [0.29, 0.717) is 0 Å². The van der Waals surface area contributed by atoms with Crippen molar-refractivity contribution in [1.29, 1.82) is 0 Å². The molecular formula is C11H19N3O6S. The van der Waals surface area contributed by atoms with E-state index in [4.69, 9.17) is 5.11 Å². The Bertz CT molecular complexity index is 532. The summed E-state index contributed by atoms with van der Waals surface area (Å²) in [4.78, 5) is 35.4. The molecule has 0 saturated carbocycles. The lowest BCUT2D eigenvalue weighted by atomic mass is 10.1. The topological polar surface area (TPSA) is 133 Å². The summed E-state index contributed by atoms with van der Waals surface area (Å²) < 4.78 is 23.2. The summed E-state index contributed by atoms with van der Waals surface area (Å²) in [5.74, 6) is -2.19. The SMILES string of the molecule is CNC(=O)NC(=O)C(C)N1CCS(=O)(=O)CC1CC(=O)O. The Balaban J connectivity index is 2.84. The van der Waals surface area contributed by atoms with Crippen molar-refractivity contribution >= 4 is 27.7 Å². The number of sulfone groups is 1. The molecule has 3 amide bonds. The first kappa shape index (κ1) is 17.4. The fourth-order valence-electron chi connectivity index (χ4n) is 2.22. The number of imide groups is 1. The Hall–Kier alpha value is -1.68. The van der Waals surface area contributed by atoms with E-state index in [0.717, 1.165) is 0 Å². The minimum absolute atomic E-state index is 0.0581. The first-order valence-corrected chi connectivity index (χ1v) is 8.19. The molecule has 2 unspecified atom stereocenters. The molecule has 1 aliphatic heterocycles. The van der Waals surface area contributed by atoms with Crippen LogP contribution in [0.2, 0.25) is 0 Å². The van der Waals surface area contributed by atoms with Crippen LogP contribution in [0.5, 0.6) is 0 Å². The average Bonchev–Trinajstić information content (AvgIpc) is 2.36. The lowest BCUT2D eigenvalue weighted by molar-refractivity contribution is -0.139. The second-order valence-corrected chi connectivity index (χ2v) is 7.08. The molecule has 2 atom stereocenters. The van der Waals surface area contributed by atoms with Crippen molar-refractivity contribution in [3.05, 3.63) is 0 Å². The Morgan fingerprint density at radius 1 is 1.38 bits per heavy atom. The van der Waals surface area contributed by atoms with Gasteiger partial charge in [0, 0.05) is 19.6 Å². The molecule has 0 radical (unpaired) electrons. The number of urea groups is 1. The third kappa shape index (κ3) is 4.97. The van der Waals surface area contributed by atoms with E-state index < -0.39 is 39.8 Å². The number of nitrogens with zero attached hydrogens (tertiary/aromatic N) is 1. The molecule has 1 aliphatic rings. The number of nitrogens with one attached hydrogen (secondary N) is 2. The van der Waals surface area contributed by atoms with Crippen LogP contribution < -0.4 is 10.6 Å². The number of rotatable bonds is 4. The van der Waals surface area contributed by atoms with Crippen LogP contribution in [0.25, 0.3) is 0 Å². The minimum Gasteiger partial charge on any atom is -0.481 e. The van der Waals surface area contributed by atoms with E-state index in [1.54, 1.807) is 0 Å². The van der Waals surface area contributed by atoms with Gasteiger partial charge in [-0.15, -0.1) is 0 Å². The Morgan fingerprint density at radius 2 is 2.00 bits per heavy atom. The average molecular weight is 321 g/mol. The van der Waals surface area contributed by atoms with Gasteiger partial charge in [-0.05, 0) is 6.92 Å². The predicted molar refractivity (Wildman–Crippen MR) is 73.5 cm³/mol. The standard InChI is InChI=1S/C11H19N3O6S/c1-7(10(17)13-11(18)12-2)14-3-4-21(19,20)6-8(14)5-9(15)16/h7-8H,3-6H2,1-2H3,(H,15,16)(H2,12,13,17,18). The van der Waals surface area contributed by atoms with Crippen molar-refractivity contribution in [3.63, 3.8) is 0 Å². The molecular weight excluding hydrogens is 302 g/mol. The van der Waals surface area contributed by atoms with Gasteiger partial charge in [-0.2, -0.15) is 0 Å². The highest BCUT2D eigenvalue weighted by atomic mass is 32.2. The molecule has 9 nitrogen and oxygen atoms in total. The van der Waals surface area contributed by atoms with E-state index in [1.165, 1.54) is 18.9 Å². The quantitative estimate of drug-likeness (QED) is 0.568. The molecule has 0 aromatic carbocycles. The van der Waals surface area contributed by atoms with Crippen molar-refractivity contribution < 1.29 is 27.9 Å². The van der Waals surface area contributed by atoms with Crippen LogP contribution >= 0.6 is 0 Å². The summed E-state index contributed by atoms with van der Waals surface area (Å²) in [5.41, 5.74) is 0. The molecule has 0 spiro atoms. The van der Waals surface area contributed by atoms with Crippen molar-refractivity contribution in [1.82, 2.24) is 15.5 Å². The predicted octanol–water partition coefficient (Wildman–Crippen LogP) is -1.60. The lowest BCUT2D eigenvalue weighted by Crippen LogP contribution is -2.58. The first-order valence-electron chi connectivity index (χ1n) is 6.37. The zero-order valence-corrected chi connectivity index (χ0v) is 12.6. The molecule has 1 saturated heterocycles. The smallest absolute Gasteiger partial charge is 0.321 e. The van der Waals surface area contributed by atoms with E-state index in [-0.39, 0.29) is 24.5 Å². The van der Waals surface area contributed by atoms with E-state index in [9.17, 15) is 22.8 Å². The highest BCUT2D eigenvalue weighted by Gasteiger charge is 2.37. The number of carbonyl (C=O) groups is 3. The normalized spacial score (nSPS) is 23.0. The largest absolute Gasteiger partial charge is 0.481 e. The van der Waals surface area contributed by atoms with Crippen LogP contribution in [0.3, 0.4) is 0 Å². The second kappa shape index (κ2) is 6.85. The summed E-state index contributed by atoms with van der Waals surface area (Å²) >= 11 is 0. The van der Waals surface area contributed by atoms with Crippen LogP contribution in [0.1, 0.15) is 13.3 Å². The van der Waals surface area contributed by atoms with Gasteiger partial charge in [0.15, 0.2) is 9.84 Å². The molecule has 1 rings (SSSR count). The number of carbonyl (C=O) groups excluding carboxylic acids is 2. The fourth-order valence-corrected chi connectivity index (χ4v) is 3.77. The molecule has 0 aliphatic carbocycles. The van der Waals surface area contributed by atoms with Gasteiger partial charge in [-0.3, -0.25) is 19.8 Å². The van der Waals surface area contributed by atoms with E-state index >= 15 is 0 Å². The van der Waals surface area contributed by atoms with Gasteiger partial charge in [0.1, 0.15) is 0 Å². The zero-order valence-electron chi connectivity index (χ0n) is 11.8. The third-order valence-corrected chi connectivity index (χ3v) is 5.02. The molecule has 0 aromatic rings. The number of hydrogen-bond donors (Lipinski definition) is 3. The molecule has 21 heavy (non-hydrogen) atoms. The summed E-state index contributed by atoms with van der Waals surface area (Å²) in [5, 5.41) is 13.2. The Kier molecular flexibility index (Phi) is 5.67. The number of amides is 3. The highest BCUT2D eigenvalue weighted by molar-refractivity contribution is 7.91. The molecule has 3 N–H and O–H groups in total. The second-order valence-electron chi connectivity index (χ2n) is 4.85. The van der Waals surface area contributed by atoms with Gasteiger partial charge < -0.3 is 10.4 Å². The van der Waals surface area contributed by atoms with Crippen molar-refractivity contribution in [2.24, 2.45) is 0 Å². The van der Waals surface area contributed by atoms with Crippen LogP contribution in [-0.4, -0.2) is 73.5 Å². The Labute approximate surface area is 122 Å². The molecule has 0 bridgehead atoms. The number of aliphatic carboxylic acids is 1. The monoisotopic (exact) mass is 321 g/mol. The summed E-state index contributed by atoms with van der Waals surface area (Å²) in [7, 11) is -1.96. The van der Waals surface area contributed by atoms with Crippen molar-refractivity contribution in [3.8, 4) is 0 Å². The molecule has 1 fully saturated rings. The van der Waals surface area contributed by atoms with Gasteiger partial charge in [-0.1, -0.05) is 0 Å². The fraction of sp³-hybridized carbons (Fsp3) is 0.727.